The molecule has 0 saturated heterocycles. The van der Waals surface area contributed by atoms with E-state index in [9.17, 15) is 14.4 Å². The lowest BCUT2D eigenvalue weighted by Gasteiger charge is -2.40. The topological polar surface area (TPSA) is 72.9 Å². The smallest absolute Gasteiger partial charge is 0.328 e. The Hall–Kier alpha value is -2.37. The molecule has 142 valence electrons. The van der Waals surface area contributed by atoms with Crippen molar-refractivity contribution in [1.29, 1.82) is 0 Å². The van der Waals surface area contributed by atoms with Gasteiger partial charge in [0, 0.05) is 12.0 Å². The van der Waals surface area contributed by atoms with Crippen molar-refractivity contribution in [2.24, 2.45) is 0 Å². The zero-order valence-electron chi connectivity index (χ0n) is 16.1. The Morgan fingerprint density at radius 2 is 1.96 bits per heavy atom. The quantitative estimate of drug-likeness (QED) is 0.422. The number of ketones is 1. The molecule has 0 aliphatic carbocycles. The van der Waals surface area contributed by atoms with Gasteiger partial charge in [-0.15, -0.1) is 0 Å². The molecule has 1 aromatic rings. The number of ether oxygens (including phenoxy) is 2. The zero-order chi connectivity index (χ0) is 19.5. The van der Waals surface area contributed by atoms with Crippen LogP contribution in [0.1, 0.15) is 64.2 Å². The zero-order valence-corrected chi connectivity index (χ0v) is 16.1. The van der Waals surface area contributed by atoms with Gasteiger partial charge in [-0.2, -0.15) is 0 Å². The Morgan fingerprint density at radius 1 is 1.27 bits per heavy atom. The number of hydrogen-bond donors (Lipinski definition) is 0. The predicted molar refractivity (Wildman–Crippen MR) is 98.6 cm³/mol. The highest BCUT2D eigenvalue weighted by molar-refractivity contribution is 6.07. The first-order valence-corrected chi connectivity index (χ1v) is 9.09. The van der Waals surface area contributed by atoms with Crippen LogP contribution in [0.15, 0.2) is 18.2 Å². The number of carbonyl (C=O) groups excluding carboxylic acids is 3. The van der Waals surface area contributed by atoms with Crippen molar-refractivity contribution in [3.8, 4) is 5.75 Å². The Labute approximate surface area is 154 Å². The van der Waals surface area contributed by atoms with Crippen LogP contribution in [0.4, 0.5) is 5.69 Å². The fourth-order valence-corrected chi connectivity index (χ4v) is 2.82. The molecular weight excluding hydrogens is 334 g/mol. The highest BCUT2D eigenvalue weighted by Crippen LogP contribution is 2.39. The normalized spacial score (nSPS) is 16.5. The van der Waals surface area contributed by atoms with Crippen LogP contribution in [-0.4, -0.2) is 35.9 Å². The van der Waals surface area contributed by atoms with E-state index in [1.807, 2.05) is 6.92 Å². The second kappa shape index (κ2) is 7.89. The number of anilines is 1. The fraction of sp³-hybridized carbons (Fsp3) is 0.550. The number of benzene rings is 1. The third-order valence-electron chi connectivity index (χ3n) is 4.43. The van der Waals surface area contributed by atoms with Crippen LogP contribution in [0.25, 0.3) is 0 Å². The second-order valence-electron chi connectivity index (χ2n) is 6.94. The number of fused-ring (bicyclic) bond motifs is 1. The third kappa shape index (κ3) is 3.89. The summed E-state index contributed by atoms with van der Waals surface area (Å²) in [5.74, 6) is -0.382. The lowest BCUT2D eigenvalue weighted by atomic mass is 9.99. The maximum Gasteiger partial charge on any atom is 0.328 e. The third-order valence-corrected chi connectivity index (χ3v) is 4.43. The van der Waals surface area contributed by atoms with Crippen molar-refractivity contribution in [3.05, 3.63) is 23.8 Å². The molecule has 0 spiro atoms. The molecule has 0 bridgehead atoms. The van der Waals surface area contributed by atoms with Gasteiger partial charge in [-0.3, -0.25) is 14.5 Å². The summed E-state index contributed by atoms with van der Waals surface area (Å²) < 4.78 is 11.1. The van der Waals surface area contributed by atoms with Gasteiger partial charge in [0.1, 0.15) is 11.8 Å². The van der Waals surface area contributed by atoms with Crippen LogP contribution >= 0.6 is 0 Å². The summed E-state index contributed by atoms with van der Waals surface area (Å²) in [4.78, 5) is 38.8. The van der Waals surface area contributed by atoms with Crippen LogP contribution in [-0.2, 0) is 14.3 Å². The van der Waals surface area contributed by atoms with E-state index in [2.05, 4.69) is 0 Å². The van der Waals surface area contributed by atoms with Crippen LogP contribution in [0.3, 0.4) is 0 Å². The first-order valence-electron chi connectivity index (χ1n) is 9.09. The van der Waals surface area contributed by atoms with E-state index < -0.39 is 17.6 Å². The number of rotatable bonds is 7. The van der Waals surface area contributed by atoms with Crippen molar-refractivity contribution in [1.82, 2.24) is 0 Å². The Bertz CT molecular complexity index is 710. The number of nitrogens with zero attached hydrogens (tertiary/aromatic N) is 1. The van der Waals surface area contributed by atoms with Crippen LogP contribution in [0.5, 0.6) is 5.75 Å². The molecule has 1 aliphatic rings. The standard InChI is InChI=1S/C20H27NO5/c1-6-8-11-25-18(23)13(3)21-15-12-14(16(22)7-2)9-10-17(15)26-20(4,5)19(21)24/h9-10,12-13H,6-8,11H2,1-5H3. The summed E-state index contributed by atoms with van der Waals surface area (Å²) in [6.45, 7) is 9.05. The molecule has 0 saturated carbocycles. The first kappa shape index (κ1) is 19.9. The van der Waals surface area contributed by atoms with E-state index in [1.165, 1.54) is 4.90 Å². The maximum atomic E-state index is 12.9. The van der Waals surface area contributed by atoms with Gasteiger partial charge in [-0.25, -0.2) is 4.79 Å². The van der Waals surface area contributed by atoms with Gasteiger partial charge >= 0.3 is 5.97 Å². The monoisotopic (exact) mass is 361 g/mol. The van der Waals surface area contributed by atoms with Gasteiger partial charge in [-0.05, 0) is 45.4 Å². The van der Waals surface area contributed by atoms with E-state index in [4.69, 9.17) is 9.47 Å². The average Bonchev–Trinajstić information content (AvgIpc) is 2.61. The van der Waals surface area contributed by atoms with Crippen molar-refractivity contribution in [2.75, 3.05) is 11.5 Å². The van der Waals surface area contributed by atoms with Gasteiger partial charge in [-0.1, -0.05) is 20.3 Å². The van der Waals surface area contributed by atoms with Gasteiger partial charge in [0.25, 0.3) is 5.91 Å². The first-order chi connectivity index (χ1) is 12.2. The number of carbonyl (C=O) groups is 3. The molecule has 0 radical (unpaired) electrons. The van der Waals surface area contributed by atoms with Gasteiger partial charge < -0.3 is 9.47 Å². The van der Waals surface area contributed by atoms with Crippen molar-refractivity contribution >= 4 is 23.3 Å². The van der Waals surface area contributed by atoms with E-state index in [-0.39, 0.29) is 11.7 Å². The SMILES string of the molecule is CCCCOC(=O)C(C)N1C(=O)C(C)(C)Oc2ccc(C(=O)CC)cc21. The van der Waals surface area contributed by atoms with Gasteiger partial charge in [0.15, 0.2) is 11.4 Å². The molecule has 1 unspecified atom stereocenters. The highest BCUT2D eigenvalue weighted by Gasteiger charge is 2.44. The number of Topliss-reactive ketones (excluding diaryl/α,β-unsaturated/α-hetero) is 1. The molecule has 6 heteroatoms. The van der Waals surface area contributed by atoms with E-state index in [0.29, 0.717) is 30.0 Å². The molecule has 1 heterocycles. The van der Waals surface area contributed by atoms with Crippen LogP contribution < -0.4 is 9.64 Å². The minimum Gasteiger partial charge on any atom is -0.476 e. The summed E-state index contributed by atoms with van der Waals surface area (Å²) in [5.41, 5.74) is -0.200. The molecule has 1 aliphatic heterocycles. The molecule has 26 heavy (non-hydrogen) atoms. The largest absolute Gasteiger partial charge is 0.476 e. The molecule has 0 fully saturated rings. The van der Waals surface area contributed by atoms with E-state index in [0.717, 1.165) is 12.8 Å². The fourth-order valence-electron chi connectivity index (χ4n) is 2.82. The number of esters is 1. The van der Waals surface area contributed by atoms with Crippen molar-refractivity contribution in [2.45, 2.75) is 65.5 Å². The molecular formula is C20H27NO5. The van der Waals surface area contributed by atoms with Crippen molar-refractivity contribution in [3.63, 3.8) is 0 Å². The van der Waals surface area contributed by atoms with E-state index in [1.54, 1.807) is 45.9 Å². The van der Waals surface area contributed by atoms with Crippen molar-refractivity contribution < 1.29 is 23.9 Å². The molecule has 0 aromatic heterocycles. The maximum absolute atomic E-state index is 12.9. The average molecular weight is 361 g/mol. The summed E-state index contributed by atoms with van der Waals surface area (Å²) >= 11 is 0. The Balaban J connectivity index is 2.41. The van der Waals surface area contributed by atoms with Crippen LogP contribution in [0.2, 0.25) is 0 Å². The molecule has 2 rings (SSSR count). The van der Waals surface area contributed by atoms with Gasteiger partial charge in [0.2, 0.25) is 0 Å². The summed E-state index contributed by atoms with van der Waals surface area (Å²) in [6, 6.07) is 4.16. The predicted octanol–water partition coefficient (Wildman–Crippen LogP) is 3.52. The lowest BCUT2D eigenvalue weighted by molar-refractivity contribution is -0.147. The molecule has 1 aromatic carbocycles. The van der Waals surface area contributed by atoms with Gasteiger partial charge in [0.05, 0.1) is 12.3 Å². The Morgan fingerprint density at radius 3 is 2.58 bits per heavy atom. The molecule has 0 N–H and O–H groups in total. The molecule has 6 nitrogen and oxygen atoms in total. The Kier molecular flexibility index (Phi) is 6.05. The highest BCUT2D eigenvalue weighted by atomic mass is 16.5. The van der Waals surface area contributed by atoms with Crippen LogP contribution in [0, 0.1) is 0 Å². The summed E-state index contributed by atoms with van der Waals surface area (Å²) in [6.07, 6.45) is 2.04. The molecule has 1 amide bonds. The summed E-state index contributed by atoms with van der Waals surface area (Å²) in [7, 11) is 0. The summed E-state index contributed by atoms with van der Waals surface area (Å²) in [5, 5.41) is 0. The number of amides is 1. The second-order valence-corrected chi connectivity index (χ2v) is 6.94. The van der Waals surface area contributed by atoms with E-state index >= 15 is 0 Å². The number of hydrogen-bond acceptors (Lipinski definition) is 5. The minimum atomic E-state index is -1.11. The lowest BCUT2D eigenvalue weighted by Crippen LogP contribution is -2.57. The number of unbranched alkanes of at least 4 members (excludes halogenated alkanes) is 1. The molecule has 1 atom stereocenters. The minimum absolute atomic E-state index is 0.0387.